The van der Waals surface area contributed by atoms with Gasteiger partial charge >= 0.3 is 0 Å². The highest BCUT2D eigenvalue weighted by molar-refractivity contribution is 5.11. The molecule has 1 aliphatic rings. The molecule has 1 fully saturated rings. The smallest absolute Gasteiger partial charge is 0.128 e. The number of aliphatic hydroxyl groups is 1. The van der Waals surface area contributed by atoms with Gasteiger partial charge in [-0.1, -0.05) is 19.3 Å². The Morgan fingerprint density at radius 3 is 2.82 bits per heavy atom. The van der Waals surface area contributed by atoms with E-state index in [9.17, 15) is 5.11 Å². The van der Waals surface area contributed by atoms with Gasteiger partial charge in [0.1, 0.15) is 5.60 Å². The molecule has 0 aromatic heterocycles. The molecule has 1 saturated carbocycles. The van der Waals surface area contributed by atoms with Gasteiger partial charge in [-0.2, -0.15) is 0 Å². The summed E-state index contributed by atoms with van der Waals surface area (Å²) >= 11 is 0. The number of hydrogen-bond donors (Lipinski definition) is 1. The van der Waals surface area contributed by atoms with Crippen LogP contribution in [0.1, 0.15) is 39.0 Å². The summed E-state index contributed by atoms with van der Waals surface area (Å²) in [5, 5.41) is 9.90. The van der Waals surface area contributed by atoms with Gasteiger partial charge in [0.05, 0.1) is 0 Å². The number of rotatable bonds is 1. The van der Waals surface area contributed by atoms with Crippen LogP contribution >= 0.6 is 0 Å². The van der Waals surface area contributed by atoms with E-state index in [4.69, 9.17) is 6.42 Å². The van der Waals surface area contributed by atoms with E-state index in [0.717, 1.165) is 25.7 Å². The molecule has 0 spiro atoms. The zero-order chi connectivity index (χ0) is 8.32. The first-order chi connectivity index (χ1) is 5.23. The lowest BCUT2D eigenvalue weighted by atomic mass is 9.75. The average molecular weight is 152 g/mol. The van der Waals surface area contributed by atoms with Crippen molar-refractivity contribution in [2.24, 2.45) is 5.92 Å². The van der Waals surface area contributed by atoms with Crippen molar-refractivity contribution in [3.05, 3.63) is 0 Å². The third-order valence-corrected chi connectivity index (χ3v) is 2.78. The first-order valence-electron chi connectivity index (χ1n) is 4.43. The van der Waals surface area contributed by atoms with E-state index in [2.05, 4.69) is 12.8 Å². The van der Waals surface area contributed by atoms with Crippen LogP contribution in [-0.2, 0) is 0 Å². The Bertz CT molecular complexity index is 168. The molecule has 1 aliphatic carbocycles. The summed E-state index contributed by atoms with van der Waals surface area (Å²) in [5.41, 5.74) is -0.785. The van der Waals surface area contributed by atoms with Gasteiger partial charge < -0.3 is 5.11 Å². The molecule has 0 radical (unpaired) electrons. The van der Waals surface area contributed by atoms with Crippen molar-refractivity contribution < 1.29 is 5.11 Å². The van der Waals surface area contributed by atoms with Crippen molar-refractivity contribution in [1.29, 1.82) is 0 Å². The fourth-order valence-electron chi connectivity index (χ4n) is 1.96. The largest absolute Gasteiger partial charge is 0.377 e. The lowest BCUT2D eigenvalue weighted by Gasteiger charge is -2.35. The fourth-order valence-corrected chi connectivity index (χ4v) is 1.96. The molecule has 11 heavy (non-hydrogen) atoms. The summed E-state index contributed by atoms with van der Waals surface area (Å²) in [4.78, 5) is 0. The molecule has 1 heteroatoms. The maximum Gasteiger partial charge on any atom is 0.128 e. The Balaban J connectivity index is 2.67. The lowest BCUT2D eigenvalue weighted by Crippen LogP contribution is -2.38. The van der Waals surface area contributed by atoms with Gasteiger partial charge in [-0.3, -0.25) is 0 Å². The second kappa shape index (κ2) is 3.28. The Labute approximate surface area is 68.8 Å². The Morgan fingerprint density at radius 2 is 2.36 bits per heavy atom. The summed E-state index contributed by atoms with van der Waals surface area (Å²) < 4.78 is 0. The third-order valence-electron chi connectivity index (χ3n) is 2.78. The van der Waals surface area contributed by atoms with Crippen LogP contribution in [0.5, 0.6) is 0 Å². The highest BCUT2D eigenvalue weighted by Crippen LogP contribution is 2.35. The van der Waals surface area contributed by atoms with Crippen LogP contribution in [-0.4, -0.2) is 10.7 Å². The maximum absolute atomic E-state index is 9.90. The molecule has 0 aromatic rings. The lowest BCUT2D eigenvalue weighted by molar-refractivity contribution is 0.00286. The second-order valence-electron chi connectivity index (χ2n) is 3.42. The van der Waals surface area contributed by atoms with Crippen molar-refractivity contribution in [1.82, 2.24) is 0 Å². The molecule has 0 saturated heterocycles. The van der Waals surface area contributed by atoms with Crippen LogP contribution in [0.25, 0.3) is 0 Å². The third kappa shape index (κ3) is 1.57. The van der Waals surface area contributed by atoms with Crippen LogP contribution in [0.2, 0.25) is 0 Å². The molecule has 0 bridgehead atoms. The highest BCUT2D eigenvalue weighted by Gasteiger charge is 2.35. The standard InChI is InChI=1S/C10H16O/c1-3-9-7-5-6-8-10(9,11)4-2/h2,9,11H,3,5-8H2,1H3. The molecule has 1 N–H and O–H groups in total. The topological polar surface area (TPSA) is 20.2 Å². The van der Waals surface area contributed by atoms with Gasteiger partial charge in [0.15, 0.2) is 0 Å². The van der Waals surface area contributed by atoms with E-state index >= 15 is 0 Å². The predicted molar refractivity (Wildman–Crippen MR) is 46.0 cm³/mol. The van der Waals surface area contributed by atoms with Crippen molar-refractivity contribution in [3.8, 4) is 12.3 Å². The van der Waals surface area contributed by atoms with E-state index < -0.39 is 5.60 Å². The quantitative estimate of drug-likeness (QED) is 0.569. The van der Waals surface area contributed by atoms with Gasteiger partial charge in [-0.05, 0) is 31.6 Å². The van der Waals surface area contributed by atoms with Crippen molar-refractivity contribution in [2.45, 2.75) is 44.6 Å². The summed E-state index contributed by atoms with van der Waals surface area (Å²) in [7, 11) is 0. The van der Waals surface area contributed by atoms with E-state index in [-0.39, 0.29) is 0 Å². The summed E-state index contributed by atoms with van der Waals surface area (Å²) in [6, 6.07) is 0. The molecule has 0 aromatic carbocycles. The molecular weight excluding hydrogens is 136 g/mol. The van der Waals surface area contributed by atoms with Crippen LogP contribution in [0.3, 0.4) is 0 Å². The molecule has 0 heterocycles. The second-order valence-corrected chi connectivity index (χ2v) is 3.42. The number of hydrogen-bond acceptors (Lipinski definition) is 1. The molecule has 2 unspecified atom stereocenters. The first-order valence-corrected chi connectivity index (χ1v) is 4.43. The van der Waals surface area contributed by atoms with Crippen LogP contribution in [0.4, 0.5) is 0 Å². The summed E-state index contributed by atoms with van der Waals surface area (Å²) in [6.07, 6.45) is 10.5. The predicted octanol–water partition coefficient (Wildman–Crippen LogP) is 1.95. The number of terminal acetylenes is 1. The normalized spacial score (nSPS) is 38.1. The van der Waals surface area contributed by atoms with Gasteiger partial charge in [-0.15, -0.1) is 6.42 Å². The maximum atomic E-state index is 9.90. The minimum atomic E-state index is -0.785. The fraction of sp³-hybridized carbons (Fsp3) is 0.800. The van der Waals surface area contributed by atoms with E-state index in [1.54, 1.807) is 0 Å². The minimum Gasteiger partial charge on any atom is -0.377 e. The van der Waals surface area contributed by atoms with Crippen molar-refractivity contribution in [3.63, 3.8) is 0 Å². The summed E-state index contributed by atoms with van der Waals surface area (Å²) in [5.74, 6) is 2.87. The van der Waals surface area contributed by atoms with Crippen molar-refractivity contribution >= 4 is 0 Å². The first kappa shape index (κ1) is 8.62. The van der Waals surface area contributed by atoms with Gasteiger partial charge in [0, 0.05) is 0 Å². The molecule has 2 atom stereocenters. The van der Waals surface area contributed by atoms with Crippen LogP contribution in [0, 0.1) is 18.3 Å². The van der Waals surface area contributed by atoms with E-state index in [0.29, 0.717) is 5.92 Å². The highest BCUT2D eigenvalue weighted by atomic mass is 16.3. The zero-order valence-corrected chi connectivity index (χ0v) is 7.14. The van der Waals surface area contributed by atoms with E-state index in [1.807, 2.05) is 0 Å². The van der Waals surface area contributed by atoms with Gasteiger partial charge in [-0.25, -0.2) is 0 Å². The zero-order valence-electron chi connectivity index (χ0n) is 7.14. The van der Waals surface area contributed by atoms with Gasteiger partial charge in [0.25, 0.3) is 0 Å². The van der Waals surface area contributed by atoms with E-state index in [1.165, 1.54) is 6.42 Å². The molecule has 1 nitrogen and oxygen atoms in total. The molecular formula is C10H16O. The van der Waals surface area contributed by atoms with Crippen molar-refractivity contribution in [2.75, 3.05) is 0 Å². The van der Waals surface area contributed by atoms with Crippen LogP contribution < -0.4 is 0 Å². The average Bonchev–Trinajstić information content (AvgIpc) is 2.05. The molecule has 0 amide bonds. The minimum absolute atomic E-state index is 0.334. The Morgan fingerprint density at radius 1 is 1.64 bits per heavy atom. The molecule has 1 rings (SSSR count). The Kier molecular flexibility index (Phi) is 2.57. The SMILES string of the molecule is C#CC1(O)CCCCC1CC. The Hall–Kier alpha value is -0.480. The van der Waals surface area contributed by atoms with Gasteiger partial charge in [0.2, 0.25) is 0 Å². The summed E-state index contributed by atoms with van der Waals surface area (Å²) in [6.45, 7) is 2.10. The molecule has 62 valence electrons. The molecule has 0 aliphatic heterocycles. The monoisotopic (exact) mass is 152 g/mol. The van der Waals surface area contributed by atoms with Crippen LogP contribution in [0.15, 0.2) is 0 Å².